The summed E-state index contributed by atoms with van der Waals surface area (Å²) >= 11 is 5.82. The molecule has 0 amide bonds. The number of aromatic nitrogens is 1. The molecule has 0 aliphatic carbocycles. The van der Waals surface area contributed by atoms with Crippen molar-refractivity contribution >= 4 is 11.6 Å². The molecule has 0 spiro atoms. The monoisotopic (exact) mass is 239 g/mol. The van der Waals surface area contributed by atoms with Crippen molar-refractivity contribution in [2.45, 2.75) is 13.5 Å². The van der Waals surface area contributed by atoms with Crippen LogP contribution in [0, 0.1) is 6.92 Å². The molecular weight excluding hydrogens is 230 g/mol. The number of hydrogen-bond donors (Lipinski definition) is 1. The van der Waals surface area contributed by atoms with Crippen LogP contribution in [0.1, 0.15) is 11.3 Å². The minimum atomic E-state index is -0.174. The van der Waals surface area contributed by atoms with Crippen molar-refractivity contribution in [2.24, 2.45) is 0 Å². The molecule has 0 bridgehead atoms. The summed E-state index contributed by atoms with van der Waals surface area (Å²) in [6, 6.07) is 5.24. The smallest absolute Gasteiger partial charge is 0.399 e. The predicted octanol–water partition coefficient (Wildman–Crippen LogP) is 2.92. The van der Waals surface area contributed by atoms with Crippen molar-refractivity contribution < 1.29 is 14.3 Å². The van der Waals surface area contributed by atoms with Crippen molar-refractivity contribution in [1.29, 1.82) is 0 Å². The molecule has 0 unspecified atom stereocenters. The fourth-order valence-electron chi connectivity index (χ4n) is 1.23. The van der Waals surface area contributed by atoms with E-state index >= 15 is 0 Å². The number of aliphatic hydroxyl groups excluding tert-OH is 1. The van der Waals surface area contributed by atoms with Gasteiger partial charge in [0.25, 0.3) is 0 Å². The first-order chi connectivity index (χ1) is 7.69. The number of halogens is 1. The van der Waals surface area contributed by atoms with E-state index in [0.29, 0.717) is 16.5 Å². The van der Waals surface area contributed by atoms with Crippen molar-refractivity contribution in [3.63, 3.8) is 0 Å². The van der Waals surface area contributed by atoms with Gasteiger partial charge in [0, 0.05) is 5.02 Å². The quantitative estimate of drug-likeness (QED) is 0.895. The molecule has 0 radical (unpaired) electrons. The molecule has 0 saturated carbocycles. The van der Waals surface area contributed by atoms with Crippen LogP contribution >= 0.6 is 11.6 Å². The van der Waals surface area contributed by atoms with Gasteiger partial charge in [-0.1, -0.05) is 11.6 Å². The first-order valence-electron chi connectivity index (χ1n) is 4.68. The second-order valence-electron chi connectivity index (χ2n) is 3.27. The summed E-state index contributed by atoms with van der Waals surface area (Å²) in [5.41, 5.74) is 1.32. The molecule has 84 valence electrons. The molecule has 5 heteroatoms. The van der Waals surface area contributed by atoms with Gasteiger partial charge in [0.1, 0.15) is 17.7 Å². The summed E-state index contributed by atoms with van der Waals surface area (Å²) in [6.07, 6.45) is 1.45. The molecule has 2 aromatic rings. The average Bonchev–Trinajstić information content (AvgIpc) is 2.70. The summed E-state index contributed by atoms with van der Waals surface area (Å²) in [4.78, 5) is 3.92. The van der Waals surface area contributed by atoms with Crippen LogP contribution in [0.4, 0.5) is 0 Å². The van der Waals surface area contributed by atoms with Crippen molar-refractivity contribution in [1.82, 2.24) is 4.98 Å². The van der Waals surface area contributed by atoms with Crippen molar-refractivity contribution in [2.75, 3.05) is 0 Å². The van der Waals surface area contributed by atoms with Crippen LogP contribution in [-0.4, -0.2) is 10.1 Å². The number of hydrogen-bond acceptors (Lipinski definition) is 4. The molecule has 2 rings (SSSR count). The molecule has 0 fully saturated rings. The maximum atomic E-state index is 8.81. The summed E-state index contributed by atoms with van der Waals surface area (Å²) in [7, 11) is 0. The fraction of sp³-hybridized carbons (Fsp3) is 0.182. The lowest BCUT2D eigenvalue weighted by atomic mass is 10.2. The Bertz CT molecular complexity index is 496. The van der Waals surface area contributed by atoms with Gasteiger partial charge in [-0.2, -0.15) is 4.98 Å². The van der Waals surface area contributed by atoms with E-state index < -0.39 is 0 Å². The molecular formula is C11H10ClNO3. The Kier molecular flexibility index (Phi) is 3.12. The predicted molar refractivity (Wildman–Crippen MR) is 58.7 cm³/mol. The highest BCUT2D eigenvalue weighted by Gasteiger charge is 2.07. The molecule has 0 aliphatic heterocycles. The summed E-state index contributed by atoms with van der Waals surface area (Å²) in [5, 5.41) is 9.46. The van der Waals surface area contributed by atoms with E-state index in [0.717, 1.165) is 5.56 Å². The zero-order valence-electron chi connectivity index (χ0n) is 8.61. The summed E-state index contributed by atoms with van der Waals surface area (Å²) in [6.45, 7) is 1.70. The van der Waals surface area contributed by atoms with Crippen LogP contribution in [-0.2, 0) is 6.61 Å². The van der Waals surface area contributed by atoms with Gasteiger partial charge in [0.05, 0.1) is 6.61 Å². The number of nitrogens with zero attached hydrogens (tertiary/aromatic N) is 1. The van der Waals surface area contributed by atoms with Gasteiger partial charge >= 0.3 is 6.08 Å². The van der Waals surface area contributed by atoms with Gasteiger partial charge in [-0.15, -0.1) is 0 Å². The van der Waals surface area contributed by atoms with Gasteiger partial charge in [-0.05, 0) is 30.7 Å². The third kappa shape index (κ3) is 2.35. The number of ether oxygens (including phenoxy) is 1. The molecule has 1 aromatic heterocycles. The first kappa shape index (κ1) is 11.0. The molecule has 0 aliphatic rings. The van der Waals surface area contributed by atoms with Crippen molar-refractivity contribution in [3.05, 3.63) is 40.7 Å². The minimum Gasteiger partial charge on any atom is -0.417 e. The zero-order valence-corrected chi connectivity index (χ0v) is 9.36. The van der Waals surface area contributed by atoms with E-state index in [1.54, 1.807) is 18.2 Å². The lowest BCUT2D eigenvalue weighted by Crippen LogP contribution is -1.88. The second kappa shape index (κ2) is 4.55. The Morgan fingerprint density at radius 1 is 1.50 bits per heavy atom. The standard InChI is InChI=1S/C11H10ClNO3/c1-7-4-8(12)2-3-10(7)16-11-13-9(5-14)6-15-11/h2-4,6,14H,5H2,1H3. The lowest BCUT2D eigenvalue weighted by Gasteiger charge is -2.04. The van der Waals surface area contributed by atoms with Crippen LogP contribution < -0.4 is 4.74 Å². The highest BCUT2D eigenvalue weighted by molar-refractivity contribution is 6.30. The third-order valence-electron chi connectivity index (χ3n) is 2.03. The average molecular weight is 240 g/mol. The van der Waals surface area contributed by atoms with Crippen LogP contribution in [0.15, 0.2) is 28.9 Å². The highest BCUT2D eigenvalue weighted by Crippen LogP contribution is 2.26. The molecule has 1 N–H and O–H groups in total. The fourth-order valence-corrected chi connectivity index (χ4v) is 1.46. The molecule has 16 heavy (non-hydrogen) atoms. The number of benzene rings is 1. The van der Waals surface area contributed by atoms with E-state index in [4.69, 9.17) is 25.9 Å². The molecule has 0 atom stereocenters. The minimum absolute atomic E-state index is 0.106. The molecule has 1 aromatic carbocycles. The number of aliphatic hydroxyl groups is 1. The number of oxazole rings is 1. The largest absolute Gasteiger partial charge is 0.417 e. The van der Waals surface area contributed by atoms with E-state index in [1.165, 1.54) is 6.26 Å². The first-order valence-corrected chi connectivity index (χ1v) is 5.06. The van der Waals surface area contributed by atoms with E-state index in [2.05, 4.69) is 4.98 Å². The third-order valence-corrected chi connectivity index (χ3v) is 2.26. The lowest BCUT2D eigenvalue weighted by molar-refractivity contribution is 0.276. The molecule has 1 heterocycles. The van der Waals surface area contributed by atoms with Crippen molar-refractivity contribution in [3.8, 4) is 11.8 Å². The Morgan fingerprint density at radius 2 is 2.31 bits per heavy atom. The van der Waals surface area contributed by atoms with Crippen LogP contribution in [0.3, 0.4) is 0 Å². The summed E-state index contributed by atoms with van der Waals surface area (Å²) in [5.74, 6) is 0.621. The Hall–Kier alpha value is -1.52. The molecule has 4 nitrogen and oxygen atoms in total. The number of aryl methyl sites for hydroxylation is 1. The van der Waals surface area contributed by atoms with E-state index in [1.807, 2.05) is 6.92 Å². The van der Waals surface area contributed by atoms with Gasteiger partial charge in [0.2, 0.25) is 0 Å². The van der Waals surface area contributed by atoms with Crippen LogP contribution in [0.5, 0.6) is 11.8 Å². The normalized spacial score (nSPS) is 10.4. The van der Waals surface area contributed by atoms with Gasteiger partial charge < -0.3 is 14.3 Å². The van der Waals surface area contributed by atoms with Crippen LogP contribution in [0.2, 0.25) is 5.02 Å². The highest BCUT2D eigenvalue weighted by atomic mass is 35.5. The number of rotatable bonds is 3. The second-order valence-corrected chi connectivity index (χ2v) is 3.71. The topological polar surface area (TPSA) is 55.5 Å². The molecule has 0 saturated heterocycles. The van der Waals surface area contributed by atoms with Gasteiger partial charge in [-0.3, -0.25) is 0 Å². The van der Waals surface area contributed by atoms with Gasteiger partial charge in [0.15, 0.2) is 0 Å². The summed E-state index contributed by atoms with van der Waals surface area (Å²) < 4.78 is 10.4. The Labute approximate surface area is 97.4 Å². The maximum absolute atomic E-state index is 8.81. The van der Waals surface area contributed by atoms with E-state index in [9.17, 15) is 0 Å². The Balaban J connectivity index is 2.20. The van der Waals surface area contributed by atoms with E-state index in [-0.39, 0.29) is 12.7 Å². The maximum Gasteiger partial charge on any atom is 0.399 e. The SMILES string of the molecule is Cc1cc(Cl)ccc1Oc1nc(CO)co1. The Morgan fingerprint density at radius 3 is 2.94 bits per heavy atom. The van der Waals surface area contributed by atoms with Gasteiger partial charge in [-0.25, -0.2) is 0 Å². The zero-order chi connectivity index (χ0) is 11.5. The van der Waals surface area contributed by atoms with Crippen LogP contribution in [0.25, 0.3) is 0 Å².